The Morgan fingerprint density at radius 3 is 2.78 bits per heavy atom. The molecular weight excluding hydrogens is 296 g/mol. The van der Waals surface area contributed by atoms with Crippen molar-refractivity contribution >= 4 is 22.8 Å². The average Bonchev–Trinajstić information content (AvgIpc) is 2.97. The van der Waals surface area contributed by atoms with Crippen LogP contribution in [0.15, 0.2) is 30.5 Å². The number of para-hydroxylation sites is 1. The van der Waals surface area contributed by atoms with Crippen LogP contribution in [0.1, 0.15) is 30.9 Å². The second kappa shape index (κ2) is 7.75. The van der Waals surface area contributed by atoms with Gasteiger partial charge in [0.2, 0.25) is 5.91 Å². The summed E-state index contributed by atoms with van der Waals surface area (Å²) in [5, 5.41) is 12.2. The van der Waals surface area contributed by atoms with Gasteiger partial charge in [0.15, 0.2) is 0 Å². The number of aliphatic carboxylic acids is 1. The van der Waals surface area contributed by atoms with Crippen LogP contribution in [0.3, 0.4) is 0 Å². The summed E-state index contributed by atoms with van der Waals surface area (Å²) in [5.41, 5.74) is 15.0. The molecule has 2 rings (SSSR count). The van der Waals surface area contributed by atoms with Gasteiger partial charge >= 0.3 is 5.97 Å². The number of unbranched alkanes of at least 4 members (excludes halogenated alkanes) is 1. The van der Waals surface area contributed by atoms with Gasteiger partial charge in [-0.15, -0.1) is 0 Å². The largest absolute Gasteiger partial charge is 0.480 e. The molecule has 2 unspecified atom stereocenters. The van der Waals surface area contributed by atoms with Crippen LogP contribution in [0.25, 0.3) is 10.9 Å². The van der Waals surface area contributed by atoms with Crippen molar-refractivity contribution in [2.24, 2.45) is 5.73 Å². The number of carbonyl (C=O) groups is 2. The molecule has 0 saturated heterocycles. The molecule has 0 aliphatic carbocycles. The van der Waals surface area contributed by atoms with Crippen LogP contribution in [0, 0.1) is 0 Å². The standard InChI is InChI=1S/C16H21N4O3/c17-12(16(22)23)6-3-4-8-19-15(21)14(18)11-9-20-13-7-2-1-5-10(11)13/h1-2,5,7,9,12,14,18,20H,3-4,6,8,17H2,(H,19,21)(H,22,23). The van der Waals surface area contributed by atoms with Crippen LogP contribution >= 0.6 is 0 Å². The van der Waals surface area contributed by atoms with E-state index in [9.17, 15) is 9.59 Å². The second-order valence-electron chi connectivity index (χ2n) is 5.45. The van der Waals surface area contributed by atoms with E-state index in [1.54, 1.807) is 6.20 Å². The van der Waals surface area contributed by atoms with E-state index >= 15 is 0 Å². The number of aromatic nitrogens is 1. The minimum absolute atomic E-state index is 0.364. The van der Waals surface area contributed by atoms with Crippen LogP contribution < -0.4 is 16.8 Å². The number of H-pyrrole nitrogens is 1. The molecule has 2 aromatic rings. The van der Waals surface area contributed by atoms with Crippen molar-refractivity contribution in [3.8, 4) is 0 Å². The Hall–Kier alpha value is -2.38. The Balaban J connectivity index is 1.80. The molecule has 1 aromatic heterocycles. The van der Waals surface area contributed by atoms with Crippen molar-refractivity contribution < 1.29 is 14.7 Å². The first kappa shape index (κ1) is 17.0. The molecule has 1 radical (unpaired) electrons. The fourth-order valence-corrected chi connectivity index (χ4v) is 2.40. The zero-order chi connectivity index (χ0) is 16.8. The number of fused-ring (bicyclic) bond motifs is 1. The molecule has 2 atom stereocenters. The molecule has 0 spiro atoms. The van der Waals surface area contributed by atoms with Gasteiger partial charge in [-0.25, -0.2) is 5.73 Å². The van der Waals surface area contributed by atoms with E-state index < -0.39 is 18.1 Å². The van der Waals surface area contributed by atoms with Gasteiger partial charge in [-0.05, 0) is 25.3 Å². The van der Waals surface area contributed by atoms with Crippen molar-refractivity contribution in [3.63, 3.8) is 0 Å². The number of amides is 1. The van der Waals surface area contributed by atoms with Crippen molar-refractivity contribution in [1.82, 2.24) is 16.0 Å². The van der Waals surface area contributed by atoms with Crippen molar-refractivity contribution in [3.05, 3.63) is 36.0 Å². The maximum Gasteiger partial charge on any atom is 0.320 e. The number of aromatic amines is 1. The van der Waals surface area contributed by atoms with E-state index in [2.05, 4.69) is 10.3 Å². The summed E-state index contributed by atoms with van der Waals surface area (Å²) in [6, 6.07) is 5.69. The van der Waals surface area contributed by atoms with E-state index in [1.807, 2.05) is 24.3 Å². The van der Waals surface area contributed by atoms with Crippen LogP contribution in [0.5, 0.6) is 0 Å². The molecule has 1 aromatic carbocycles. The third-order valence-electron chi connectivity index (χ3n) is 3.75. The first-order valence-corrected chi connectivity index (χ1v) is 7.54. The smallest absolute Gasteiger partial charge is 0.320 e. The Bertz CT molecular complexity index is 683. The number of nitrogens with one attached hydrogen (secondary N) is 3. The second-order valence-corrected chi connectivity index (χ2v) is 5.45. The van der Waals surface area contributed by atoms with Crippen LogP contribution in [0.2, 0.25) is 0 Å². The Labute approximate surface area is 134 Å². The molecule has 0 aliphatic heterocycles. The lowest BCUT2D eigenvalue weighted by Crippen LogP contribution is -2.32. The van der Waals surface area contributed by atoms with Crippen molar-refractivity contribution in [2.75, 3.05) is 6.54 Å². The minimum atomic E-state index is -1.01. The highest BCUT2D eigenvalue weighted by Crippen LogP contribution is 2.23. The Morgan fingerprint density at radius 1 is 1.30 bits per heavy atom. The summed E-state index contributed by atoms with van der Waals surface area (Å²) in [6.07, 6.45) is 3.31. The first-order valence-electron chi connectivity index (χ1n) is 7.54. The first-order chi connectivity index (χ1) is 11.0. The molecule has 0 bridgehead atoms. The van der Waals surface area contributed by atoms with Crippen LogP contribution in [0.4, 0.5) is 0 Å². The SMILES string of the molecule is [NH]C(C(=O)NCCCCC(N)C(=O)O)c1c[nH]c2ccccc12. The third kappa shape index (κ3) is 4.30. The lowest BCUT2D eigenvalue weighted by Gasteiger charge is -2.11. The molecular formula is C16H21N4O3. The van der Waals surface area contributed by atoms with Gasteiger partial charge in [-0.2, -0.15) is 0 Å². The summed E-state index contributed by atoms with van der Waals surface area (Å²) >= 11 is 0. The highest BCUT2D eigenvalue weighted by atomic mass is 16.4. The molecule has 0 saturated carbocycles. The average molecular weight is 317 g/mol. The van der Waals surface area contributed by atoms with Gasteiger partial charge in [-0.1, -0.05) is 18.2 Å². The van der Waals surface area contributed by atoms with Gasteiger partial charge in [0.05, 0.1) is 0 Å². The topological polar surface area (TPSA) is 132 Å². The molecule has 1 heterocycles. The van der Waals surface area contributed by atoms with E-state index in [0.29, 0.717) is 31.4 Å². The maximum atomic E-state index is 12.1. The fraction of sp³-hybridized carbons (Fsp3) is 0.375. The Morgan fingerprint density at radius 2 is 2.04 bits per heavy atom. The van der Waals surface area contributed by atoms with E-state index in [4.69, 9.17) is 16.6 Å². The summed E-state index contributed by atoms with van der Waals surface area (Å²) in [7, 11) is 0. The highest BCUT2D eigenvalue weighted by molar-refractivity contribution is 5.91. The van der Waals surface area contributed by atoms with Gasteiger partial charge in [0.25, 0.3) is 0 Å². The van der Waals surface area contributed by atoms with Gasteiger partial charge in [0, 0.05) is 29.2 Å². The molecule has 1 amide bonds. The van der Waals surface area contributed by atoms with E-state index in [-0.39, 0.29) is 5.91 Å². The molecule has 7 nitrogen and oxygen atoms in total. The van der Waals surface area contributed by atoms with Gasteiger partial charge in [-0.3, -0.25) is 9.59 Å². The van der Waals surface area contributed by atoms with Gasteiger partial charge < -0.3 is 21.1 Å². The molecule has 123 valence electrons. The minimum Gasteiger partial charge on any atom is -0.480 e. The molecule has 0 fully saturated rings. The number of carbonyl (C=O) groups excluding carboxylic acids is 1. The predicted molar refractivity (Wildman–Crippen MR) is 86.6 cm³/mol. The Kier molecular flexibility index (Phi) is 5.72. The normalized spacial score (nSPS) is 13.7. The monoisotopic (exact) mass is 317 g/mol. The van der Waals surface area contributed by atoms with Crippen molar-refractivity contribution in [1.29, 1.82) is 0 Å². The summed E-state index contributed by atoms with van der Waals surface area (Å²) in [4.78, 5) is 25.7. The lowest BCUT2D eigenvalue weighted by atomic mass is 10.1. The van der Waals surface area contributed by atoms with Crippen LogP contribution in [-0.4, -0.2) is 34.6 Å². The predicted octanol–water partition coefficient (Wildman–Crippen LogP) is 1.19. The van der Waals surface area contributed by atoms with E-state index in [1.165, 1.54) is 0 Å². The summed E-state index contributed by atoms with van der Waals surface area (Å²) in [6.45, 7) is 0.406. The number of hydrogen-bond acceptors (Lipinski definition) is 3. The number of carboxylic acids is 1. The maximum absolute atomic E-state index is 12.1. The van der Waals surface area contributed by atoms with Gasteiger partial charge in [0.1, 0.15) is 12.1 Å². The summed E-state index contributed by atoms with van der Waals surface area (Å²) < 4.78 is 0. The van der Waals surface area contributed by atoms with E-state index in [0.717, 1.165) is 10.9 Å². The molecule has 23 heavy (non-hydrogen) atoms. The summed E-state index contributed by atoms with van der Waals surface area (Å²) in [5.74, 6) is -1.38. The molecule has 0 aliphatic rings. The fourth-order valence-electron chi connectivity index (χ4n) is 2.40. The number of rotatable bonds is 8. The van der Waals surface area contributed by atoms with Crippen LogP contribution in [-0.2, 0) is 9.59 Å². The number of hydrogen-bond donors (Lipinski definition) is 4. The van der Waals surface area contributed by atoms with Crippen molar-refractivity contribution in [2.45, 2.75) is 31.3 Å². The zero-order valence-electron chi connectivity index (χ0n) is 12.7. The number of carboxylic acid groups (broad SMARTS) is 1. The quantitative estimate of drug-likeness (QED) is 0.544. The third-order valence-corrected chi connectivity index (χ3v) is 3.75. The number of nitrogens with two attached hydrogens (primary N) is 1. The zero-order valence-corrected chi connectivity index (χ0v) is 12.7. The number of benzene rings is 1. The molecule has 7 heteroatoms. The lowest BCUT2D eigenvalue weighted by molar-refractivity contribution is -0.138. The highest BCUT2D eigenvalue weighted by Gasteiger charge is 2.19. The molecule has 6 N–H and O–H groups in total.